The van der Waals surface area contributed by atoms with Crippen molar-refractivity contribution in [3.63, 3.8) is 0 Å². The van der Waals surface area contributed by atoms with Crippen LogP contribution < -0.4 is 0 Å². The van der Waals surface area contributed by atoms with E-state index in [1.54, 1.807) is 31.0 Å². The fourth-order valence-corrected chi connectivity index (χ4v) is 1.99. The van der Waals surface area contributed by atoms with E-state index in [-0.39, 0.29) is 11.9 Å². The normalized spacial score (nSPS) is 14.4. The Balaban J connectivity index is 2.17. The predicted molar refractivity (Wildman–Crippen MR) is 61.5 cm³/mol. The number of nitrogens with zero attached hydrogens (tertiary/aromatic N) is 2. The number of fused-ring (bicyclic) bond motifs is 1. The van der Waals surface area contributed by atoms with Crippen molar-refractivity contribution in [2.24, 2.45) is 0 Å². The van der Waals surface area contributed by atoms with Gasteiger partial charge in [-0.15, -0.1) is 0 Å². The third-order valence-electron chi connectivity index (χ3n) is 2.91. The maximum absolute atomic E-state index is 11.6. The molecule has 0 saturated carbocycles. The van der Waals surface area contributed by atoms with Gasteiger partial charge in [-0.05, 0) is 13.0 Å². The standard InChI is InChI=1S/C12H16N2O3/c1-3-17-12(16)10-6-11-8-13(9(2)15)4-5-14(11)7-10/h6-7H,3-5,8H2,1-2H3. The number of esters is 1. The van der Waals surface area contributed by atoms with Gasteiger partial charge in [-0.2, -0.15) is 0 Å². The minimum absolute atomic E-state index is 0.0649. The second-order valence-electron chi connectivity index (χ2n) is 4.07. The van der Waals surface area contributed by atoms with Crippen LogP contribution in [-0.4, -0.2) is 34.5 Å². The van der Waals surface area contributed by atoms with E-state index in [2.05, 4.69) is 0 Å². The highest BCUT2D eigenvalue weighted by molar-refractivity contribution is 5.89. The summed E-state index contributed by atoms with van der Waals surface area (Å²) < 4.78 is 6.95. The van der Waals surface area contributed by atoms with Crippen molar-refractivity contribution in [1.82, 2.24) is 9.47 Å². The molecule has 0 aliphatic carbocycles. The summed E-state index contributed by atoms with van der Waals surface area (Å²) >= 11 is 0. The smallest absolute Gasteiger partial charge is 0.339 e. The van der Waals surface area contributed by atoms with Gasteiger partial charge in [-0.25, -0.2) is 4.79 Å². The largest absolute Gasteiger partial charge is 0.462 e. The molecule has 0 unspecified atom stereocenters. The summed E-state index contributed by atoms with van der Waals surface area (Å²) in [6.07, 6.45) is 1.80. The quantitative estimate of drug-likeness (QED) is 0.720. The summed E-state index contributed by atoms with van der Waals surface area (Å²) in [7, 11) is 0. The molecule has 0 N–H and O–H groups in total. The zero-order chi connectivity index (χ0) is 12.4. The first-order valence-electron chi connectivity index (χ1n) is 5.73. The van der Waals surface area contributed by atoms with Crippen molar-refractivity contribution in [3.8, 4) is 0 Å². The van der Waals surface area contributed by atoms with Gasteiger partial charge in [0.05, 0.1) is 18.7 Å². The Morgan fingerprint density at radius 1 is 1.41 bits per heavy atom. The third-order valence-corrected chi connectivity index (χ3v) is 2.91. The number of rotatable bonds is 2. The molecule has 1 aliphatic heterocycles. The van der Waals surface area contributed by atoms with Gasteiger partial charge in [0.2, 0.25) is 5.91 Å². The van der Waals surface area contributed by atoms with Crippen LogP contribution in [0.4, 0.5) is 0 Å². The van der Waals surface area contributed by atoms with E-state index in [0.717, 1.165) is 12.2 Å². The van der Waals surface area contributed by atoms with Crippen LogP contribution in [0.25, 0.3) is 0 Å². The molecule has 92 valence electrons. The van der Waals surface area contributed by atoms with E-state index in [0.29, 0.717) is 25.3 Å². The molecule has 1 aromatic heterocycles. The van der Waals surface area contributed by atoms with Gasteiger partial charge >= 0.3 is 5.97 Å². The van der Waals surface area contributed by atoms with Crippen LogP contribution in [0.15, 0.2) is 12.3 Å². The molecule has 0 fully saturated rings. The second-order valence-corrected chi connectivity index (χ2v) is 4.07. The van der Waals surface area contributed by atoms with Crippen molar-refractivity contribution in [2.75, 3.05) is 13.2 Å². The lowest BCUT2D eigenvalue weighted by Gasteiger charge is -2.27. The molecule has 0 bridgehead atoms. The number of hydrogen-bond donors (Lipinski definition) is 0. The molecule has 0 aromatic carbocycles. The number of aromatic nitrogens is 1. The first kappa shape index (κ1) is 11.7. The summed E-state index contributed by atoms with van der Waals surface area (Å²) in [5, 5.41) is 0. The summed E-state index contributed by atoms with van der Waals surface area (Å²) in [5.74, 6) is -0.237. The Hall–Kier alpha value is -1.78. The van der Waals surface area contributed by atoms with Crippen molar-refractivity contribution < 1.29 is 14.3 Å². The molecule has 2 heterocycles. The van der Waals surface area contributed by atoms with Crippen LogP contribution in [0.1, 0.15) is 29.9 Å². The van der Waals surface area contributed by atoms with E-state index in [4.69, 9.17) is 4.74 Å². The van der Waals surface area contributed by atoms with Gasteiger partial charge < -0.3 is 14.2 Å². The molecule has 0 saturated heterocycles. The molecule has 1 aliphatic rings. The molecule has 5 nitrogen and oxygen atoms in total. The monoisotopic (exact) mass is 236 g/mol. The summed E-state index contributed by atoms with van der Waals surface area (Å²) in [5.41, 5.74) is 1.54. The Morgan fingerprint density at radius 3 is 2.82 bits per heavy atom. The zero-order valence-corrected chi connectivity index (χ0v) is 10.1. The van der Waals surface area contributed by atoms with Crippen molar-refractivity contribution in [1.29, 1.82) is 0 Å². The number of hydrogen-bond acceptors (Lipinski definition) is 3. The third kappa shape index (κ3) is 2.33. The van der Waals surface area contributed by atoms with E-state index >= 15 is 0 Å². The van der Waals surface area contributed by atoms with Crippen molar-refractivity contribution >= 4 is 11.9 Å². The number of carbonyl (C=O) groups excluding carboxylic acids is 2. The van der Waals surface area contributed by atoms with Gasteiger partial charge in [0.25, 0.3) is 0 Å². The first-order chi connectivity index (χ1) is 8.11. The lowest BCUT2D eigenvalue weighted by molar-refractivity contribution is -0.130. The van der Waals surface area contributed by atoms with Crippen LogP contribution in [0.5, 0.6) is 0 Å². The van der Waals surface area contributed by atoms with Crippen LogP contribution in [0.3, 0.4) is 0 Å². The van der Waals surface area contributed by atoms with Gasteiger partial charge in [0, 0.05) is 31.9 Å². The Kier molecular flexibility index (Phi) is 3.17. The molecule has 17 heavy (non-hydrogen) atoms. The molecular formula is C12H16N2O3. The van der Waals surface area contributed by atoms with E-state index in [1.807, 2.05) is 4.57 Å². The fraction of sp³-hybridized carbons (Fsp3) is 0.500. The molecule has 0 atom stereocenters. The fourth-order valence-electron chi connectivity index (χ4n) is 1.99. The molecule has 0 radical (unpaired) electrons. The molecule has 2 rings (SSSR count). The Morgan fingerprint density at radius 2 is 2.18 bits per heavy atom. The van der Waals surface area contributed by atoms with Crippen LogP contribution in [0, 0.1) is 0 Å². The highest BCUT2D eigenvalue weighted by Crippen LogP contribution is 2.17. The molecule has 0 spiro atoms. The highest BCUT2D eigenvalue weighted by atomic mass is 16.5. The van der Waals surface area contributed by atoms with E-state index in [9.17, 15) is 9.59 Å². The molecule has 1 amide bonds. The second kappa shape index (κ2) is 4.61. The number of ether oxygens (including phenoxy) is 1. The predicted octanol–water partition coefficient (Wildman–Crippen LogP) is 1.03. The maximum Gasteiger partial charge on any atom is 0.339 e. The highest BCUT2D eigenvalue weighted by Gasteiger charge is 2.20. The average molecular weight is 236 g/mol. The topological polar surface area (TPSA) is 51.5 Å². The summed E-state index contributed by atoms with van der Waals surface area (Å²) in [6, 6.07) is 1.80. The number of amides is 1. The van der Waals surface area contributed by atoms with Gasteiger partial charge in [-0.1, -0.05) is 0 Å². The molecule has 1 aromatic rings. The molecular weight excluding hydrogens is 220 g/mol. The lowest BCUT2D eigenvalue weighted by Crippen LogP contribution is -2.36. The van der Waals surface area contributed by atoms with Gasteiger partial charge in [0.15, 0.2) is 0 Å². The maximum atomic E-state index is 11.6. The minimum atomic E-state index is -0.302. The van der Waals surface area contributed by atoms with Crippen LogP contribution >= 0.6 is 0 Å². The van der Waals surface area contributed by atoms with E-state index < -0.39 is 0 Å². The first-order valence-corrected chi connectivity index (χ1v) is 5.73. The minimum Gasteiger partial charge on any atom is -0.462 e. The molecule has 5 heteroatoms. The Labute approximate surface area is 100.0 Å². The van der Waals surface area contributed by atoms with Crippen LogP contribution in [-0.2, 0) is 22.6 Å². The number of carbonyl (C=O) groups is 2. The SMILES string of the molecule is CCOC(=O)c1cc2n(c1)CCN(C(C)=O)C2. The Bertz CT molecular complexity index is 451. The van der Waals surface area contributed by atoms with Gasteiger partial charge in [-0.3, -0.25) is 4.79 Å². The van der Waals surface area contributed by atoms with Crippen LogP contribution in [0.2, 0.25) is 0 Å². The van der Waals surface area contributed by atoms with Gasteiger partial charge in [0.1, 0.15) is 0 Å². The van der Waals surface area contributed by atoms with Crippen molar-refractivity contribution in [2.45, 2.75) is 26.9 Å². The van der Waals surface area contributed by atoms with E-state index in [1.165, 1.54) is 0 Å². The lowest BCUT2D eigenvalue weighted by atomic mass is 10.2. The average Bonchev–Trinajstić information content (AvgIpc) is 2.71. The zero-order valence-electron chi connectivity index (χ0n) is 10.1. The summed E-state index contributed by atoms with van der Waals surface area (Å²) in [4.78, 5) is 24.6. The summed E-state index contributed by atoms with van der Waals surface area (Å²) in [6.45, 7) is 5.71. The van der Waals surface area contributed by atoms with Crippen molar-refractivity contribution in [3.05, 3.63) is 23.5 Å².